The zero-order valence-corrected chi connectivity index (χ0v) is 22.0. The molecule has 0 fully saturated rings. The quantitative estimate of drug-likeness (QED) is 0.529. The third-order valence-corrected chi connectivity index (χ3v) is 8.10. The zero-order valence-electron chi connectivity index (χ0n) is 20.3. The van der Waals surface area contributed by atoms with E-state index in [9.17, 15) is 18.0 Å². The molecule has 3 aromatic rings. The Morgan fingerprint density at radius 2 is 2.00 bits per heavy atom. The molecule has 0 spiro atoms. The topological polar surface area (TPSA) is 106 Å². The van der Waals surface area contributed by atoms with Gasteiger partial charge in [0.2, 0.25) is 5.91 Å². The lowest BCUT2D eigenvalue weighted by molar-refractivity contribution is -0.114. The van der Waals surface area contributed by atoms with Crippen molar-refractivity contribution in [2.45, 2.75) is 38.6 Å². The number of aromatic nitrogens is 1. The van der Waals surface area contributed by atoms with Gasteiger partial charge in [-0.15, -0.1) is 0 Å². The van der Waals surface area contributed by atoms with Gasteiger partial charge in [0.05, 0.1) is 17.1 Å². The molecular weight excluding hydrogens is 505 g/mol. The van der Waals surface area contributed by atoms with Gasteiger partial charge in [0.1, 0.15) is 23.1 Å². The number of nitrogens with one attached hydrogen (secondary N) is 1. The molecule has 190 valence electrons. The smallest absolute Gasteiger partial charge is 0.254 e. The summed E-state index contributed by atoms with van der Waals surface area (Å²) in [6, 6.07) is 8.20. The number of rotatable bonds is 5. The molecule has 8 nitrogen and oxygen atoms in total. The third-order valence-electron chi connectivity index (χ3n) is 5.86. The number of halogens is 1. The molecule has 2 heterocycles. The van der Waals surface area contributed by atoms with E-state index in [2.05, 4.69) is 10.3 Å². The van der Waals surface area contributed by atoms with Crippen molar-refractivity contribution in [2.75, 3.05) is 24.7 Å². The normalized spacial score (nSPS) is 13.5. The summed E-state index contributed by atoms with van der Waals surface area (Å²) in [5, 5.41) is 3.20. The Labute approximate surface area is 213 Å². The van der Waals surface area contributed by atoms with Crippen LogP contribution in [0.1, 0.15) is 41.0 Å². The van der Waals surface area contributed by atoms with Gasteiger partial charge in [0.25, 0.3) is 5.91 Å². The molecule has 0 radical (unpaired) electrons. The number of carbonyl (C=O) groups is 2. The molecule has 2 aromatic carbocycles. The molecule has 2 amide bonds. The van der Waals surface area contributed by atoms with E-state index in [1.165, 1.54) is 24.3 Å². The number of nitrogens with zero attached hydrogens (tertiary/aromatic N) is 2. The number of benzene rings is 2. The minimum atomic E-state index is -3.77. The maximum absolute atomic E-state index is 15.0. The lowest BCUT2D eigenvalue weighted by Crippen LogP contribution is -2.33. The van der Waals surface area contributed by atoms with Crippen LogP contribution in [-0.4, -0.2) is 49.5 Å². The maximum Gasteiger partial charge on any atom is 0.254 e. The predicted molar refractivity (Wildman–Crippen MR) is 136 cm³/mol. The van der Waals surface area contributed by atoms with Crippen LogP contribution in [0.25, 0.3) is 10.4 Å². The Morgan fingerprint density at radius 3 is 2.67 bits per heavy atom. The number of carbonyl (C=O) groups excluding carboxylic acids is 2. The zero-order chi connectivity index (χ0) is 26.2. The van der Waals surface area contributed by atoms with E-state index in [-0.39, 0.29) is 43.2 Å². The highest BCUT2D eigenvalue weighted by Crippen LogP contribution is 2.36. The first kappa shape index (κ1) is 25.8. The summed E-state index contributed by atoms with van der Waals surface area (Å²) in [7, 11) is -3.77. The van der Waals surface area contributed by atoms with E-state index in [1.54, 1.807) is 11.8 Å². The summed E-state index contributed by atoms with van der Waals surface area (Å²) in [4.78, 5) is 31.3. The van der Waals surface area contributed by atoms with Crippen LogP contribution < -0.4 is 10.1 Å². The molecule has 4 rings (SSSR count). The van der Waals surface area contributed by atoms with E-state index in [4.69, 9.17) is 4.74 Å². The summed E-state index contributed by atoms with van der Waals surface area (Å²) in [6.45, 7) is 5.74. The highest BCUT2D eigenvalue weighted by Gasteiger charge is 2.27. The van der Waals surface area contributed by atoms with Gasteiger partial charge < -0.3 is 15.0 Å². The number of fused-ring (bicyclic) bond motifs is 1. The fourth-order valence-electron chi connectivity index (χ4n) is 4.18. The molecule has 0 atom stereocenters. The van der Waals surface area contributed by atoms with Gasteiger partial charge in [-0.3, -0.25) is 9.59 Å². The average Bonchev–Trinajstić information content (AvgIpc) is 3.03. The standard InChI is InChI=1S/C25H26FN3O5S2/c1-5-18-19(7-9-21(22(18)26)36(4,32)33)24(31)29-10-11-34-20-8-6-16(12-17(20)13-29)23-14(2)27-25(35-23)28-15(3)30/h6-9,12H,5,10-11,13H2,1-4H3,(H,27,28,30). The van der Waals surface area contributed by atoms with Crippen LogP contribution in [0.5, 0.6) is 5.75 Å². The van der Waals surface area contributed by atoms with Crippen molar-refractivity contribution in [2.24, 2.45) is 0 Å². The lowest BCUT2D eigenvalue weighted by atomic mass is 10.0. The molecule has 0 unspecified atom stereocenters. The second kappa shape index (κ2) is 9.98. The van der Waals surface area contributed by atoms with E-state index in [1.807, 2.05) is 25.1 Å². The van der Waals surface area contributed by atoms with Gasteiger partial charge in [-0.25, -0.2) is 17.8 Å². The molecule has 1 aromatic heterocycles. The summed E-state index contributed by atoms with van der Waals surface area (Å²) in [5.41, 5.74) is 2.63. The van der Waals surface area contributed by atoms with Crippen LogP contribution in [0.3, 0.4) is 0 Å². The predicted octanol–water partition coefficient (Wildman–Crippen LogP) is 4.22. The van der Waals surface area contributed by atoms with Gasteiger partial charge in [0.15, 0.2) is 15.0 Å². The summed E-state index contributed by atoms with van der Waals surface area (Å²) < 4.78 is 44.8. The van der Waals surface area contributed by atoms with Crippen molar-refractivity contribution in [3.8, 4) is 16.2 Å². The summed E-state index contributed by atoms with van der Waals surface area (Å²) in [6.07, 6.45) is 1.11. The van der Waals surface area contributed by atoms with Crippen molar-refractivity contribution in [1.29, 1.82) is 0 Å². The largest absolute Gasteiger partial charge is 0.491 e. The number of anilines is 1. The van der Waals surface area contributed by atoms with Crippen LogP contribution >= 0.6 is 11.3 Å². The SMILES string of the molecule is CCc1c(C(=O)N2CCOc3ccc(-c4sc(NC(C)=O)nc4C)cc3C2)ccc(S(C)(=O)=O)c1F. The Kier molecular flexibility index (Phi) is 7.14. The fraction of sp³-hybridized carbons (Fsp3) is 0.320. The van der Waals surface area contributed by atoms with E-state index >= 15 is 4.39 Å². The minimum absolute atomic E-state index is 0.0767. The van der Waals surface area contributed by atoms with Crippen molar-refractivity contribution < 1.29 is 27.1 Å². The Morgan fingerprint density at radius 1 is 1.25 bits per heavy atom. The second-order valence-electron chi connectivity index (χ2n) is 8.54. The number of aryl methyl sites for hydroxylation is 1. The van der Waals surface area contributed by atoms with E-state index < -0.39 is 26.5 Å². The van der Waals surface area contributed by atoms with E-state index in [0.717, 1.165) is 34.0 Å². The van der Waals surface area contributed by atoms with Crippen LogP contribution in [0.4, 0.5) is 9.52 Å². The number of amides is 2. The van der Waals surface area contributed by atoms with Gasteiger partial charge in [-0.2, -0.15) is 0 Å². The van der Waals surface area contributed by atoms with E-state index in [0.29, 0.717) is 10.9 Å². The average molecular weight is 532 g/mol. The Hall–Kier alpha value is -3.31. The van der Waals surface area contributed by atoms with Gasteiger partial charge in [-0.05, 0) is 49.2 Å². The molecule has 0 bridgehead atoms. The highest BCUT2D eigenvalue weighted by atomic mass is 32.2. The number of hydrogen-bond acceptors (Lipinski definition) is 7. The van der Waals surface area contributed by atoms with Gasteiger partial charge in [-0.1, -0.05) is 18.3 Å². The van der Waals surface area contributed by atoms with Crippen molar-refractivity contribution >= 4 is 38.1 Å². The number of hydrogen-bond donors (Lipinski definition) is 1. The van der Waals surface area contributed by atoms with Crippen LogP contribution in [0, 0.1) is 12.7 Å². The van der Waals surface area contributed by atoms with Crippen molar-refractivity contribution in [3.05, 3.63) is 58.5 Å². The van der Waals surface area contributed by atoms with Crippen molar-refractivity contribution in [3.63, 3.8) is 0 Å². The molecule has 0 saturated heterocycles. The van der Waals surface area contributed by atoms with Crippen LogP contribution in [0.2, 0.25) is 0 Å². The first-order valence-electron chi connectivity index (χ1n) is 11.3. The molecule has 36 heavy (non-hydrogen) atoms. The number of thiazole rings is 1. The second-order valence-corrected chi connectivity index (χ2v) is 11.5. The third kappa shape index (κ3) is 5.12. The van der Waals surface area contributed by atoms with Crippen LogP contribution in [0.15, 0.2) is 35.2 Å². The fourth-order valence-corrected chi connectivity index (χ4v) is 5.95. The van der Waals surface area contributed by atoms with Gasteiger partial charge >= 0.3 is 0 Å². The molecule has 11 heteroatoms. The molecule has 0 saturated carbocycles. The van der Waals surface area contributed by atoms with Crippen molar-refractivity contribution in [1.82, 2.24) is 9.88 Å². The highest BCUT2D eigenvalue weighted by molar-refractivity contribution is 7.90. The number of ether oxygens (including phenoxy) is 1. The lowest BCUT2D eigenvalue weighted by Gasteiger charge is -2.22. The first-order chi connectivity index (χ1) is 17.0. The number of sulfone groups is 1. The Bertz CT molecular complexity index is 1470. The summed E-state index contributed by atoms with van der Waals surface area (Å²) in [5.74, 6) is -0.829. The van der Waals surface area contributed by atoms with Gasteiger partial charge in [0, 0.05) is 36.4 Å². The monoisotopic (exact) mass is 531 g/mol. The summed E-state index contributed by atoms with van der Waals surface area (Å²) >= 11 is 1.36. The minimum Gasteiger partial charge on any atom is -0.491 e. The molecule has 1 aliphatic heterocycles. The molecule has 0 aliphatic carbocycles. The van der Waals surface area contributed by atoms with Crippen LogP contribution in [-0.2, 0) is 27.6 Å². The first-order valence-corrected chi connectivity index (χ1v) is 14.0. The Balaban J connectivity index is 1.67. The molecule has 1 aliphatic rings. The molecule has 1 N–H and O–H groups in total. The maximum atomic E-state index is 15.0. The molecular formula is C25H26FN3O5S2.